The van der Waals surface area contributed by atoms with Crippen molar-refractivity contribution in [3.63, 3.8) is 0 Å². The number of nitrogens with one attached hydrogen (secondary N) is 2. The molecular weight excluding hydrogens is 266 g/mol. The van der Waals surface area contributed by atoms with Crippen LogP contribution in [0.15, 0.2) is 36.7 Å². The Kier molecular flexibility index (Phi) is 4.81. The van der Waals surface area contributed by atoms with Crippen LogP contribution in [0.5, 0.6) is 0 Å². The summed E-state index contributed by atoms with van der Waals surface area (Å²) in [6, 6.07) is 7.35. The van der Waals surface area contributed by atoms with E-state index in [1.807, 2.05) is 29.9 Å². The molecule has 0 saturated carbocycles. The van der Waals surface area contributed by atoms with E-state index in [0.29, 0.717) is 17.8 Å². The van der Waals surface area contributed by atoms with E-state index in [0.717, 1.165) is 12.2 Å². The second kappa shape index (κ2) is 6.78. The van der Waals surface area contributed by atoms with Crippen molar-refractivity contribution in [3.05, 3.63) is 42.2 Å². The monoisotopic (exact) mass is 287 g/mol. The third kappa shape index (κ3) is 3.98. The lowest BCUT2D eigenvalue weighted by Crippen LogP contribution is -2.24. The summed E-state index contributed by atoms with van der Waals surface area (Å²) in [7, 11) is 0. The quantitative estimate of drug-likeness (QED) is 0.706. The Morgan fingerprint density at radius 2 is 2.29 bits per heavy atom. The van der Waals surface area contributed by atoms with Crippen LogP contribution in [0.3, 0.4) is 0 Å². The summed E-state index contributed by atoms with van der Waals surface area (Å²) in [5.74, 6) is -0.111. The summed E-state index contributed by atoms with van der Waals surface area (Å²) in [5.41, 5.74) is 7.96. The summed E-state index contributed by atoms with van der Waals surface area (Å²) in [5, 5.41) is 10.3. The molecule has 1 aromatic heterocycles. The van der Waals surface area contributed by atoms with Gasteiger partial charge in [-0.25, -0.2) is 0 Å². The van der Waals surface area contributed by atoms with E-state index < -0.39 is 0 Å². The molecule has 0 aliphatic rings. The molecule has 0 spiro atoms. The maximum absolute atomic E-state index is 11.7. The molecule has 21 heavy (non-hydrogen) atoms. The fourth-order valence-corrected chi connectivity index (χ4v) is 2.10. The van der Waals surface area contributed by atoms with Crippen LogP contribution in [0.1, 0.15) is 24.2 Å². The van der Waals surface area contributed by atoms with Crippen LogP contribution in [-0.2, 0) is 6.54 Å². The van der Waals surface area contributed by atoms with Gasteiger partial charge < -0.3 is 16.4 Å². The number of benzene rings is 1. The number of carbonyl (C=O) groups is 1. The fraction of sp³-hybridized carbons (Fsp3) is 0.333. The number of carbonyl (C=O) groups excluding carboxylic acids is 1. The van der Waals surface area contributed by atoms with Crippen molar-refractivity contribution >= 4 is 17.3 Å². The van der Waals surface area contributed by atoms with E-state index in [1.165, 1.54) is 0 Å². The summed E-state index contributed by atoms with van der Waals surface area (Å²) < 4.78 is 1.86. The fourth-order valence-electron chi connectivity index (χ4n) is 2.10. The number of nitrogen functional groups attached to an aromatic ring is 1. The summed E-state index contributed by atoms with van der Waals surface area (Å²) >= 11 is 0. The highest BCUT2D eigenvalue weighted by Gasteiger charge is 2.09. The highest BCUT2D eigenvalue weighted by molar-refractivity contribution is 5.96. The molecule has 0 radical (unpaired) electrons. The molecule has 0 saturated heterocycles. The zero-order valence-electron chi connectivity index (χ0n) is 12.3. The topological polar surface area (TPSA) is 85.0 Å². The van der Waals surface area contributed by atoms with Gasteiger partial charge in [0.2, 0.25) is 0 Å². The third-order valence-electron chi connectivity index (χ3n) is 3.07. The third-order valence-corrected chi connectivity index (χ3v) is 3.07. The zero-order chi connectivity index (χ0) is 15.2. The van der Waals surface area contributed by atoms with Gasteiger partial charge in [0.1, 0.15) is 0 Å². The van der Waals surface area contributed by atoms with Gasteiger partial charge in [0.05, 0.1) is 17.9 Å². The number of rotatable bonds is 6. The lowest BCUT2D eigenvalue weighted by atomic mass is 10.1. The molecular formula is C15H21N5O. The Morgan fingerprint density at radius 3 is 2.90 bits per heavy atom. The Hall–Kier alpha value is -2.50. The highest BCUT2D eigenvalue weighted by atomic mass is 16.1. The van der Waals surface area contributed by atoms with Crippen LogP contribution in [0.2, 0.25) is 0 Å². The van der Waals surface area contributed by atoms with Gasteiger partial charge in [0, 0.05) is 30.5 Å². The van der Waals surface area contributed by atoms with Gasteiger partial charge in [0.25, 0.3) is 5.91 Å². The van der Waals surface area contributed by atoms with Crippen LogP contribution in [0, 0.1) is 0 Å². The number of nitrogens with two attached hydrogens (primary N) is 1. The molecule has 6 nitrogen and oxygen atoms in total. The van der Waals surface area contributed by atoms with Crippen molar-refractivity contribution < 1.29 is 4.79 Å². The zero-order valence-corrected chi connectivity index (χ0v) is 12.3. The van der Waals surface area contributed by atoms with Crippen LogP contribution < -0.4 is 16.4 Å². The normalized spacial score (nSPS) is 11.9. The minimum atomic E-state index is -0.111. The maximum Gasteiger partial charge on any atom is 0.251 e. The first kappa shape index (κ1) is 14.9. The molecule has 1 unspecified atom stereocenters. The molecule has 1 heterocycles. The lowest BCUT2D eigenvalue weighted by Gasteiger charge is -2.17. The number of aromatic nitrogens is 2. The number of hydrogen-bond donors (Lipinski definition) is 3. The van der Waals surface area contributed by atoms with Crippen molar-refractivity contribution in [2.45, 2.75) is 26.4 Å². The summed E-state index contributed by atoms with van der Waals surface area (Å²) in [6.45, 7) is 5.27. The standard InChI is InChI=1S/C15H21N5O/c1-3-17-15(21)12-5-6-14(13(16)9-12)19-11(2)10-20-8-4-7-18-20/h4-9,11,19H,3,10,16H2,1-2H3,(H,17,21). The van der Waals surface area contributed by atoms with Crippen LogP contribution in [-0.4, -0.2) is 28.3 Å². The minimum absolute atomic E-state index is 0.111. The predicted molar refractivity (Wildman–Crippen MR) is 84.2 cm³/mol. The molecule has 0 bridgehead atoms. The molecule has 0 fully saturated rings. The van der Waals surface area contributed by atoms with Crippen molar-refractivity contribution in [1.29, 1.82) is 0 Å². The van der Waals surface area contributed by atoms with Crippen LogP contribution >= 0.6 is 0 Å². The van der Waals surface area contributed by atoms with E-state index in [1.54, 1.807) is 18.3 Å². The number of nitrogens with zero attached hydrogens (tertiary/aromatic N) is 2. The molecule has 1 amide bonds. The average molecular weight is 287 g/mol. The molecule has 1 aromatic carbocycles. The second-order valence-electron chi connectivity index (χ2n) is 4.93. The van der Waals surface area contributed by atoms with E-state index in [9.17, 15) is 4.79 Å². The van der Waals surface area contributed by atoms with Gasteiger partial charge in [-0.2, -0.15) is 5.10 Å². The largest absolute Gasteiger partial charge is 0.397 e. The van der Waals surface area contributed by atoms with Crippen molar-refractivity contribution in [1.82, 2.24) is 15.1 Å². The number of anilines is 2. The first-order valence-corrected chi connectivity index (χ1v) is 7.02. The second-order valence-corrected chi connectivity index (χ2v) is 4.93. The average Bonchev–Trinajstić information content (AvgIpc) is 2.94. The SMILES string of the molecule is CCNC(=O)c1ccc(NC(C)Cn2cccn2)c(N)c1. The lowest BCUT2D eigenvalue weighted by molar-refractivity contribution is 0.0956. The van der Waals surface area contributed by atoms with E-state index in [4.69, 9.17) is 5.73 Å². The minimum Gasteiger partial charge on any atom is -0.397 e. The maximum atomic E-state index is 11.7. The Balaban J connectivity index is 2.02. The highest BCUT2D eigenvalue weighted by Crippen LogP contribution is 2.21. The first-order chi connectivity index (χ1) is 10.1. The molecule has 112 valence electrons. The molecule has 1 atom stereocenters. The van der Waals surface area contributed by atoms with Gasteiger partial charge in [-0.1, -0.05) is 0 Å². The van der Waals surface area contributed by atoms with Crippen molar-refractivity contribution in [3.8, 4) is 0 Å². The first-order valence-electron chi connectivity index (χ1n) is 7.02. The smallest absolute Gasteiger partial charge is 0.251 e. The van der Waals surface area contributed by atoms with Gasteiger partial charge in [-0.05, 0) is 38.1 Å². The van der Waals surface area contributed by atoms with Gasteiger partial charge in [-0.15, -0.1) is 0 Å². The number of amides is 1. The van der Waals surface area contributed by atoms with Gasteiger partial charge >= 0.3 is 0 Å². The summed E-state index contributed by atoms with van der Waals surface area (Å²) in [6.07, 6.45) is 3.67. The molecule has 0 aliphatic heterocycles. The van der Waals surface area contributed by atoms with Crippen molar-refractivity contribution in [2.75, 3.05) is 17.6 Å². The molecule has 4 N–H and O–H groups in total. The van der Waals surface area contributed by atoms with Crippen LogP contribution in [0.25, 0.3) is 0 Å². The Bertz CT molecular complexity index is 594. The van der Waals surface area contributed by atoms with E-state index in [2.05, 4.69) is 22.7 Å². The van der Waals surface area contributed by atoms with E-state index in [-0.39, 0.29) is 11.9 Å². The molecule has 6 heteroatoms. The van der Waals surface area contributed by atoms with Gasteiger partial charge in [-0.3, -0.25) is 9.48 Å². The molecule has 2 rings (SSSR count). The van der Waals surface area contributed by atoms with Gasteiger partial charge in [0.15, 0.2) is 0 Å². The number of hydrogen-bond acceptors (Lipinski definition) is 4. The Morgan fingerprint density at radius 1 is 1.48 bits per heavy atom. The van der Waals surface area contributed by atoms with Crippen LogP contribution in [0.4, 0.5) is 11.4 Å². The summed E-state index contributed by atoms with van der Waals surface area (Å²) in [4.78, 5) is 11.7. The van der Waals surface area contributed by atoms with Crippen molar-refractivity contribution in [2.24, 2.45) is 0 Å². The predicted octanol–water partition coefficient (Wildman–Crippen LogP) is 1.72. The molecule has 0 aliphatic carbocycles. The molecule has 2 aromatic rings. The Labute approximate surface area is 124 Å². The van der Waals surface area contributed by atoms with E-state index >= 15 is 0 Å².